The summed E-state index contributed by atoms with van der Waals surface area (Å²) in [5, 5.41) is -0.295. The molecule has 100 valence electrons. The highest BCUT2D eigenvalue weighted by molar-refractivity contribution is 7.99. The smallest absolute Gasteiger partial charge is 0.243 e. The van der Waals surface area contributed by atoms with E-state index in [9.17, 15) is 12.8 Å². The number of thioether (sulfide) groups is 1. The number of sulfonamides is 1. The van der Waals surface area contributed by atoms with Gasteiger partial charge in [-0.3, -0.25) is 0 Å². The summed E-state index contributed by atoms with van der Waals surface area (Å²) in [5.74, 6) is 0.619. The normalized spacial score (nSPS) is 20.2. The summed E-state index contributed by atoms with van der Waals surface area (Å²) in [6.45, 7) is 0. The summed E-state index contributed by atoms with van der Waals surface area (Å²) < 4.78 is 40.3. The maximum absolute atomic E-state index is 13.7. The molecule has 0 bridgehead atoms. The number of hydrogen-bond acceptors (Lipinski definition) is 4. The Morgan fingerprint density at radius 1 is 1.50 bits per heavy atom. The van der Waals surface area contributed by atoms with Crippen LogP contribution >= 0.6 is 23.4 Å². The van der Waals surface area contributed by atoms with Crippen LogP contribution in [-0.2, 0) is 10.0 Å². The molecule has 1 heterocycles. The van der Waals surface area contributed by atoms with E-state index in [1.807, 2.05) is 0 Å². The van der Waals surface area contributed by atoms with Crippen LogP contribution in [0.1, 0.15) is 6.42 Å². The van der Waals surface area contributed by atoms with Crippen LogP contribution in [0.15, 0.2) is 17.0 Å². The van der Waals surface area contributed by atoms with Gasteiger partial charge in [-0.15, -0.1) is 0 Å². The maximum atomic E-state index is 13.7. The third kappa shape index (κ3) is 2.90. The molecule has 3 N–H and O–H groups in total. The number of nitrogens with two attached hydrogens (primary N) is 1. The standard InChI is InChI=1S/C10H12ClFN2O2S2/c11-8-3-6(13)4-9(10(8)12)18(15,16)14-7-1-2-17-5-7/h3-4,7,14H,1-2,5,13H2. The second kappa shape index (κ2) is 5.24. The lowest BCUT2D eigenvalue weighted by Gasteiger charge is -2.13. The molecular weight excluding hydrogens is 299 g/mol. The van der Waals surface area contributed by atoms with Gasteiger partial charge in [0.15, 0.2) is 5.82 Å². The lowest BCUT2D eigenvalue weighted by atomic mass is 10.3. The summed E-state index contributed by atoms with van der Waals surface area (Å²) in [6.07, 6.45) is 0.738. The van der Waals surface area contributed by atoms with Crippen LogP contribution in [-0.4, -0.2) is 26.0 Å². The second-order valence-electron chi connectivity index (χ2n) is 4.00. The Kier molecular flexibility index (Phi) is 4.05. The van der Waals surface area contributed by atoms with E-state index in [-0.39, 0.29) is 16.8 Å². The lowest BCUT2D eigenvalue weighted by Crippen LogP contribution is -2.35. The lowest BCUT2D eigenvalue weighted by molar-refractivity contribution is 0.545. The van der Waals surface area contributed by atoms with Gasteiger partial charge in [0.25, 0.3) is 0 Å². The molecule has 0 spiro atoms. The fourth-order valence-corrected chi connectivity index (χ4v) is 4.64. The van der Waals surface area contributed by atoms with E-state index in [1.54, 1.807) is 11.8 Å². The molecule has 4 nitrogen and oxygen atoms in total. The number of halogens is 2. The molecule has 1 aromatic rings. The molecule has 2 rings (SSSR count). The van der Waals surface area contributed by atoms with Gasteiger partial charge in [-0.1, -0.05) is 11.6 Å². The van der Waals surface area contributed by atoms with Crippen LogP contribution in [0.4, 0.5) is 10.1 Å². The van der Waals surface area contributed by atoms with Crippen molar-refractivity contribution in [2.24, 2.45) is 0 Å². The minimum atomic E-state index is -3.92. The number of nitrogens with one attached hydrogen (secondary N) is 1. The predicted octanol–water partition coefficient (Wildman–Crippen LogP) is 1.85. The highest BCUT2D eigenvalue weighted by Crippen LogP contribution is 2.27. The van der Waals surface area contributed by atoms with Gasteiger partial charge in [-0.2, -0.15) is 11.8 Å². The zero-order valence-electron chi connectivity index (χ0n) is 9.32. The van der Waals surface area contributed by atoms with Crippen molar-refractivity contribution in [2.45, 2.75) is 17.4 Å². The van der Waals surface area contributed by atoms with Gasteiger partial charge in [0.05, 0.1) is 5.02 Å². The number of anilines is 1. The number of nitrogen functional groups attached to an aromatic ring is 1. The van der Waals surface area contributed by atoms with E-state index >= 15 is 0 Å². The first kappa shape index (κ1) is 13.9. The first-order valence-corrected chi connectivity index (χ1v) is 8.26. The molecule has 0 radical (unpaired) electrons. The Bertz CT molecular complexity index is 559. The van der Waals surface area contributed by atoms with Gasteiger partial charge in [-0.25, -0.2) is 17.5 Å². The largest absolute Gasteiger partial charge is 0.399 e. The zero-order chi connectivity index (χ0) is 13.3. The maximum Gasteiger partial charge on any atom is 0.243 e. The molecule has 1 unspecified atom stereocenters. The molecule has 1 atom stereocenters. The Balaban J connectivity index is 2.34. The van der Waals surface area contributed by atoms with Crippen LogP contribution < -0.4 is 10.5 Å². The average Bonchev–Trinajstić information content (AvgIpc) is 2.75. The SMILES string of the molecule is Nc1cc(Cl)c(F)c(S(=O)(=O)NC2CCSC2)c1. The van der Waals surface area contributed by atoms with Crippen molar-refractivity contribution in [3.05, 3.63) is 23.0 Å². The number of rotatable bonds is 3. The van der Waals surface area contributed by atoms with Crippen LogP contribution in [0.2, 0.25) is 5.02 Å². The molecule has 1 aliphatic heterocycles. The molecule has 0 aliphatic carbocycles. The van der Waals surface area contributed by atoms with Gasteiger partial charge >= 0.3 is 0 Å². The topological polar surface area (TPSA) is 72.2 Å². The summed E-state index contributed by atoms with van der Waals surface area (Å²) in [6, 6.07) is 2.09. The van der Waals surface area contributed by atoms with Crippen molar-refractivity contribution < 1.29 is 12.8 Å². The molecule has 8 heteroatoms. The summed E-state index contributed by atoms with van der Waals surface area (Å²) in [5.41, 5.74) is 5.60. The first-order chi connectivity index (χ1) is 8.40. The molecule has 1 fully saturated rings. The van der Waals surface area contributed by atoms with E-state index in [2.05, 4.69) is 4.72 Å². The molecule has 1 aliphatic rings. The van der Waals surface area contributed by atoms with Crippen molar-refractivity contribution in [2.75, 3.05) is 17.2 Å². The van der Waals surface area contributed by atoms with Crippen molar-refractivity contribution in [3.63, 3.8) is 0 Å². The monoisotopic (exact) mass is 310 g/mol. The van der Waals surface area contributed by atoms with Gasteiger partial charge < -0.3 is 5.73 Å². The molecule has 1 aromatic carbocycles. The van der Waals surface area contributed by atoms with Crippen molar-refractivity contribution in [3.8, 4) is 0 Å². The molecule has 18 heavy (non-hydrogen) atoms. The summed E-state index contributed by atoms with van der Waals surface area (Å²) in [7, 11) is -3.92. The second-order valence-corrected chi connectivity index (χ2v) is 7.24. The van der Waals surface area contributed by atoms with Gasteiger partial charge in [0, 0.05) is 17.5 Å². The predicted molar refractivity (Wildman–Crippen MR) is 71.9 cm³/mol. The minimum Gasteiger partial charge on any atom is -0.399 e. The fraction of sp³-hybridized carbons (Fsp3) is 0.400. The first-order valence-electron chi connectivity index (χ1n) is 5.25. The Morgan fingerprint density at radius 3 is 2.83 bits per heavy atom. The average molecular weight is 311 g/mol. The highest BCUT2D eigenvalue weighted by atomic mass is 35.5. The summed E-state index contributed by atoms with van der Waals surface area (Å²) >= 11 is 7.25. The van der Waals surface area contributed by atoms with Crippen molar-refractivity contribution in [1.82, 2.24) is 4.72 Å². The molecule has 0 aromatic heterocycles. The van der Waals surface area contributed by atoms with Crippen molar-refractivity contribution in [1.29, 1.82) is 0 Å². The molecule has 1 saturated heterocycles. The van der Waals surface area contributed by atoms with E-state index in [0.717, 1.165) is 18.2 Å². The fourth-order valence-electron chi connectivity index (χ4n) is 1.69. The van der Waals surface area contributed by atoms with Crippen LogP contribution in [0.25, 0.3) is 0 Å². The Labute approximate surface area is 114 Å². The molecule has 0 amide bonds. The minimum absolute atomic E-state index is 0.113. The highest BCUT2D eigenvalue weighted by Gasteiger charge is 2.26. The zero-order valence-corrected chi connectivity index (χ0v) is 11.7. The number of benzene rings is 1. The van der Waals surface area contributed by atoms with Gasteiger partial charge in [0.2, 0.25) is 10.0 Å². The molecular formula is C10H12ClFN2O2S2. The van der Waals surface area contributed by atoms with E-state index < -0.39 is 20.7 Å². The van der Waals surface area contributed by atoms with Crippen LogP contribution in [0.3, 0.4) is 0 Å². The van der Waals surface area contributed by atoms with Crippen molar-refractivity contribution >= 4 is 39.1 Å². The van der Waals surface area contributed by atoms with E-state index in [0.29, 0.717) is 5.75 Å². The Hall–Kier alpha value is -0.500. The molecule has 0 saturated carbocycles. The van der Waals surface area contributed by atoms with E-state index in [1.165, 1.54) is 6.07 Å². The van der Waals surface area contributed by atoms with Gasteiger partial charge in [-0.05, 0) is 24.3 Å². The third-order valence-electron chi connectivity index (χ3n) is 2.56. The van der Waals surface area contributed by atoms with Gasteiger partial charge in [0.1, 0.15) is 4.90 Å². The third-order valence-corrected chi connectivity index (χ3v) is 5.52. The van der Waals surface area contributed by atoms with Crippen LogP contribution in [0.5, 0.6) is 0 Å². The summed E-state index contributed by atoms with van der Waals surface area (Å²) in [4.78, 5) is -0.496. The van der Waals surface area contributed by atoms with E-state index in [4.69, 9.17) is 17.3 Å². The quantitative estimate of drug-likeness (QED) is 0.836. The number of hydrogen-bond donors (Lipinski definition) is 2. The Morgan fingerprint density at radius 2 is 2.22 bits per heavy atom. The van der Waals surface area contributed by atoms with Crippen LogP contribution in [0, 0.1) is 5.82 Å².